The second-order valence-electron chi connectivity index (χ2n) is 5.28. The summed E-state index contributed by atoms with van der Waals surface area (Å²) < 4.78 is 27.6. The average Bonchev–Trinajstić information content (AvgIpc) is 2.78. The summed E-state index contributed by atoms with van der Waals surface area (Å²) in [4.78, 5) is 0.221. The fraction of sp³-hybridized carbons (Fsp3) is 0.357. The smallest absolute Gasteiger partial charge is 0.265 e. The number of H-pyrrole nitrogens is 1. The van der Waals surface area contributed by atoms with Crippen LogP contribution in [-0.4, -0.2) is 25.2 Å². The van der Waals surface area contributed by atoms with Crippen molar-refractivity contribution in [1.29, 1.82) is 0 Å². The highest BCUT2D eigenvalue weighted by Crippen LogP contribution is 2.23. The molecule has 1 aliphatic rings. The van der Waals surface area contributed by atoms with E-state index in [9.17, 15) is 8.42 Å². The fourth-order valence-corrected chi connectivity index (χ4v) is 4.11. The molecule has 6 nitrogen and oxygen atoms in total. The average molecular weight is 306 g/mol. The van der Waals surface area contributed by atoms with Crippen molar-refractivity contribution in [3.05, 3.63) is 40.7 Å². The monoisotopic (exact) mass is 306 g/mol. The molecule has 0 bridgehead atoms. The molecule has 2 aromatic rings. The van der Waals surface area contributed by atoms with Gasteiger partial charge < -0.3 is 5.32 Å². The molecule has 0 unspecified atom stereocenters. The Bertz CT molecular complexity index is 761. The molecule has 7 heteroatoms. The van der Waals surface area contributed by atoms with Crippen LogP contribution in [0.4, 0.5) is 5.69 Å². The van der Waals surface area contributed by atoms with Crippen molar-refractivity contribution >= 4 is 15.7 Å². The molecule has 3 rings (SSSR count). The minimum atomic E-state index is -3.62. The van der Waals surface area contributed by atoms with Crippen LogP contribution in [0.5, 0.6) is 0 Å². The number of aromatic nitrogens is 2. The van der Waals surface area contributed by atoms with Crippen molar-refractivity contribution in [1.82, 2.24) is 15.5 Å². The molecule has 3 N–H and O–H groups in total. The van der Waals surface area contributed by atoms with Gasteiger partial charge >= 0.3 is 0 Å². The van der Waals surface area contributed by atoms with Crippen molar-refractivity contribution in [3.8, 4) is 0 Å². The first-order chi connectivity index (χ1) is 9.97. The van der Waals surface area contributed by atoms with Gasteiger partial charge in [0.1, 0.15) is 4.90 Å². The zero-order chi connectivity index (χ0) is 15.0. The lowest BCUT2D eigenvalue weighted by molar-refractivity contribution is 0.600. The zero-order valence-electron chi connectivity index (χ0n) is 12.0. The number of benzene rings is 1. The topological polar surface area (TPSA) is 86.9 Å². The third-order valence-corrected chi connectivity index (χ3v) is 5.32. The van der Waals surface area contributed by atoms with Gasteiger partial charge in [0.2, 0.25) is 0 Å². The predicted octanol–water partition coefficient (Wildman–Crippen LogP) is 1.47. The lowest BCUT2D eigenvalue weighted by atomic mass is 10.0. The Morgan fingerprint density at radius 3 is 2.76 bits per heavy atom. The summed E-state index contributed by atoms with van der Waals surface area (Å²) in [5.74, 6) is 0. The Morgan fingerprint density at radius 2 is 2.05 bits per heavy atom. The van der Waals surface area contributed by atoms with Crippen LogP contribution in [0.3, 0.4) is 0 Å². The maximum atomic E-state index is 12.5. The number of aromatic amines is 1. The molecule has 2 heterocycles. The summed E-state index contributed by atoms with van der Waals surface area (Å²) in [5.41, 5.74) is 4.01. The van der Waals surface area contributed by atoms with E-state index in [4.69, 9.17) is 0 Å². The van der Waals surface area contributed by atoms with Crippen molar-refractivity contribution < 1.29 is 8.42 Å². The van der Waals surface area contributed by atoms with Gasteiger partial charge in [-0.05, 0) is 50.1 Å². The molecule has 112 valence electrons. The van der Waals surface area contributed by atoms with Gasteiger partial charge in [-0.25, -0.2) is 8.42 Å². The largest absolute Gasteiger partial charge is 0.312 e. The summed E-state index contributed by atoms with van der Waals surface area (Å²) in [6, 6.07) is 5.69. The van der Waals surface area contributed by atoms with Gasteiger partial charge in [-0.3, -0.25) is 9.82 Å². The van der Waals surface area contributed by atoms with Crippen LogP contribution in [0.1, 0.15) is 22.5 Å². The van der Waals surface area contributed by atoms with Gasteiger partial charge in [0.05, 0.1) is 11.4 Å². The van der Waals surface area contributed by atoms with E-state index in [1.165, 1.54) is 5.56 Å². The minimum absolute atomic E-state index is 0.221. The molecule has 1 aromatic carbocycles. The van der Waals surface area contributed by atoms with Gasteiger partial charge in [-0.1, -0.05) is 6.07 Å². The van der Waals surface area contributed by atoms with Crippen molar-refractivity contribution in [3.63, 3.8) is 0 Å². The Hall–Kier alpha value is -1.86. The first-order valence-corrected chi connectivity index (χ1v) is 8.32. The van der Waals surface area contributed by atoms with E-state index in [1.807, 2.05) is 18.2 Å². The number of anilines is 1. The molecule has 0 aliphatic carbocycles. The highest BCUT2D eigenvalue weighted by Gasteiger charge is 2.22. The maximum Gasteiger partial charge on any atom is 0.265 e. The first-order valence-electron chi connectivity index (χ1n) is 6.84. The van der Waals surface area contributed by atoms with E-state index in [2.05, 4.69) is 20.2 Å². The second-order valence-corrected chi connectivity index (χ2v) is 6.90. The van der Waals surface area contributed by atoms with Crippen LogP contribution in [0.2, 0.25) is 0 Å². The van der Waals surface area contributed by atoms with Gasteiger partial charge in [0.15, 0.2) is 0 Å². The highest BCUT2D eigenvalue weighted by atomic mass is 32.2. The molecule has 1 aliphatic heterocycles. The number of nitrogens with one attached hydrogen (secondary N) is 3. The fourth-order valence-electron chi connectivity index (χ4n) is 2.69. The molecule has 0 saturated heterocycles. The summed E-state index contributed by atoms with van der Waals surface area (Å²) >= 11 is 0. The zero-order valence-corrected chi connectivity index (χ0v) is 12.8. The number of fused-ring (bicyclic) bond motifs is 1. The van der Waals surface area contributed by atoms with E-state index in [0.29, 0.717) is 17.1 Å². The van der Waals surface area contributed by atoms with E-state index >= 15 is 0 Å². The number of rotatable bonds is 3. The lowest BCUT2D eigenvalue weighted by Crippen LogP contribution is -2.24. The molecule has 21 heavy (non-hydrogen) atoms. The van der Waals surface area contributed by atoms with Crippen molar-refractivity contribution in [2.24, 2.45) is 0 Å². The van der Waals surface area contributed by atoms with Crippen LogP contribution in [-0.2, 0) is 23.0 Å². The van der Waals surface area contributed by atoms with Crippen LogP contribution in [0, 0.1) is 13.8 Å². The van der Waals surface area contributed by atoms with E-state index in [-0.39, 0.29) is 4.90 Å². The molecule has 0 radical (unpaired) electrons. The minimum Gasteiger partial charge on any atom is -0.312 e. The first kappa shape index (κ1) is 14.1. The van der Waals surface area contributed by atoms with Crippen LogP contribution in [0.15, 0.2) is 23.1 Å². The molecule has 0 fully saturated rings. The maximum absolute atomic E-state index is 12.5. The lowest BCUT2D eigenvalue weighted by Gasteiger charge is -2.18. The molecule has 0 saturated carbocycles. The third kappa shape index (κ3) is 2.66. The normalized spacial score (nSPS) is 14.8. The third-order valence-electron chi connectivity index (χ3n) is 3.67. The SMILES string of the molecule is Cc1n[nH]c(C)c1S(=O)(=O)Nc1ccc2c(c1)CNCC2. The van der Waals surface area contributed by atoms with Crippen LogP contribution >= 0.6 is 0 Å². The van der Waals surface area contributed by atoms with Gasteiger partial charge in [-0.15, -0.1) is 0 Å². The predicted molar refractivity (Wildman–Crippen MR) is 80.7 cm³/mol. The van der Waals surface area contributed by atoms with Gasteiger partial charge in [0, 0.05) is 12.2 Å². The Balaban J connectivity index is 1.93. The van der Waals surface area contributed by atoms with Crippen LogP contribution < -0.4 is 10.0 Å². The molecule has 1 aromatic heterocycles. The second kappa shape index (κ2) is 5.16. The molecule has 0 atom stereocenters. The number of aryl methyl sites for hydroxylation is 2. The highest BCUT2D eigenvalue weighted by molar-refractivity contribution is 7.92. The van der Waals surface area contributed by atoms with Gasteiger partial charge in [0.25, 0.3) is 10.0 Å². The van der Waals surface area contributed by atoms with E-state index in [0.717, 1.165) is 25.1 Å². The van der Waals surface area contributed by atoms with E-state index < -0.39 is 10.0 Å². The number of hydrogen-bond acceptors (Lipinski definition) is 4. The molecule has 0 spiro atoms. The van der Waals surface area contributed by atoms with Crippen LogP contribution in [0.25, 0.3) is 0 Å². The van der Waals surface area contributed by atoms with Crippen molar-refractivity contribution in [2.75, 3.05) is 11.3 Å². The Kier molecular flexibility index (Phi) is 3.46. The summed E-state index contributed by atoms with van der Waals surface area (Å²) in [6.07, 6.45) is 0.975. The van der Waals surface area contributed by atoms with Crippen molar-refractivity contribution in [2.45, 2.75) is 31.7 Å². The standard InChI is InChI=1S/C14H18N4O2S/c1-9-14(10(2)17-16-9)21(19,20)18-13-4-3-11-5-6-15-8-12(11)7-13/h3-4,7,15,18H,5-6,8H2,1-2H3,(H,16,17). The quantitative estimate of drug-likeness (QED) is 0.801. The summed E-state index contributed by atoms with van der Waals surface area (Å²) in [5, 5.41) is 9.92. The number of hydrogen-bond donors (Lipinski definition) is 3. The van der Waals surface area contributed by atoms with Gasteiger partial charge in [-0.2, -0.15) is 5.10 Å². The molecular formula is C14H18N4O2S. The van der Waals surface area contributed by atoms with E-state index in [1.54, 1.807) is 13.8 Å². The summed E-state index contributed by atoms with van der Waals surface area (Å²) in [7, 11) is -3.62. The Morgan fingerprint density at radius 1 is 1.24 bits per heavy atom. The number of nitrogens with zero attached hydrogens (tertiary/aromatic N) is 1. The molecular weight excluding hydrogens is 288 g/mol. The summed E-state index contributed by atoms with van der Waals surface area (Å²) in [6.45, 7) is 5.11. The number of sulfonamides is 1. The molecule has 0 amide bonds. The Labute approximate surface area is 124 Å².